The van der Waals surface area contributed by atoms with E-state index in [1.807, 2.05) is 23.8 Å². The molecule has 0 spiro atoms. The summed E-state index contributed by atoms with van der Waals surface area (Å²) in [5.41, 5.74) is 0.229. The van der Waals surface area contributed by atoms with Crippen molar-refractivity contribution in [2.24, 2.45) is 5.92 Å². The van der Waals surface area contributed by atoms with Crippen molar-refractivity contribution < 1.29 is 9.84 Å². The smallest absolute Gasteiger partial charge is 0.1000 e. The van der Waals surface area contributed by atoms with Crippen molar-refractivity contribution in [3.63, 3.8) is 0 Å². The van der Waals surface area contributed by atoms with E-state index in [0.717, 1.165) is 38.2 Å². The van der Waals surface area contributed by atoms with Gasteiger partial charge in [-0.2, -0.15) is 11.3 Å². The lowest BCUT2D eigenvalue weighted by Crippen LogP contribution is -2.52. The van der Waals surface area contributed by atoms with E-state index in [2.05, 4.69) is 17.1 Å². The van der Waals surface area contributed by atoms with Crippen molar-refractivity contribution in [2.45, 2.75) is 50.9 Å². The topological polar surface area (TPSA) is 44.7 Å². The van der Waals surface area contributed by atoms with E-state index in [-0.39, 0.29) is 0 Å². The number of piperidine rings is 1. The van der Waals surface area contributed by atoms with E-state index < -0.39 is 5.60 Å². The lowest BCUT2D eigenvalue weighted by Gasteiger charge is -2.39. The summed E-state index contributed by atoms with van der Waals surface area (Å²) in [7, 11) is 0. The highest BCUT2D eigenvalue weighted by Gasteiger charge is 2.31. The molecule has 0 aliphatic carbocycles. The first kappa shape index (κ1) is 17.4. The van der Waals surface area contributed by atoms with Crippen LogP contribution in [0, 0.1) is 5.92 Å². The zero-order valence-electron chi connectivity index (χ0n) is 14.3. The molecule has 2 aliphatic heterocycles. The quantitative estimate of drug-likeness (QED) is 0.836. The van der Waals surface area contributed by atoms with E-state index >= 15 is 0 Å². The second-order valence-corrected chi connectivity index (χ2v) is 8.21. The zero-order valence-corrected chi connectivity index (χ0v) is 15.1. The number of hydrogen-bond donors (Lipinski definition) is 2. The molecule has 4 unspecified atom stereocenters. The normalized spacial score (nSPS) is 32.0. The van der Waals surface area contributed by atoms with Crippen LogP contribution in [0.1, 0.15) is 38.7 Å². The van der Waals surface area contributed by atoms with Crippen LogP contribution < -0.4 is 5.32 Å². The van der Waals surface area contributed by atoms with Gasteiger partial charge in [-0.25, -0.2) is 0 Å². The molecule has 3 rings (SSSR count). The van der Waals surface area contributed by atoms with Crippen LogP contribution in [-0.4, -0.2) is 54.9 Å². The van der Waals surface area contributed by atoms with E-state index in [4.69, 9.17) is 4.74 Å². The van der Waals surface area contributed by atoms with Crippen LogP contribution in [0.3, 0.4) is 0 Å². The third-order valence-corrected chi connectivity index (χ3v) is 6.01. The summed E-state index contributed by atoms with van der Waals surface area (Å²) in [5, 5.41) is 18.3. The molecule has 2 saturated heterocycles. The summed E-state index contributed by atoms with van der Waals surface area (Å²) >= 11 is 1.64. The molecule has 2 N–H and O–H groups in total. The van der Waals surface area contributed by atoms with Gasteiger partial charge >= 0.3 is 0 Å². The highest BCUT2D eigenvalue weighted by molar-refractivity contribution is 7.08. The molecule has 0 aromatic carbocycles. The monoisotopic (exact) mass is 338 g/mol. The van der Waals surface area contributed by atoms with Gasteiger partial charge in [-0.1, -0.05) is 6.92 Å². The Morgan fingerprint density at radius 3 is 3.00 bits per heavy atom. The number of nitrogens with one attached hydrogen (secondary N) is 1. The number of hydrogen-bond acceptors (Lipinski definition) is 5. The summed E-state index contributed by atoms with van der Waals surface area (Å²) < 4.78 is 5.76. The Hall–Kier alpha value is -0.460. The Balaban J connectivity index is 1.45. The SMILES string of the molecule is CC1CN(CC2CCCO2)CCC1NCC(C)(O)c1ccsc1. The molecule has 4 atom stereocenters. The van der Waals surface area contributed by atoms with Crippen LogP contribution in [0.25, 0.3) is 0 Å². The Bertz CT molecular complexity index is 471. The third kappa shape index (κ3) is 4.54. The van der Waals surface area contributed by atoms with Crippen LogP contribution >= 0.6 is 11.3 Å². The van der Waals surface area contributed by atoms with Crippen molar-refractivity contribution in [2.75, 3.05) is 32.8 Å². The molecule has 4 nitrogen and oxygen atoms in total. The predicted molar refractivity (Wildman–Crippen MR) is 94.9 cm³/mol. The van der Waals surface area contributed by atoms with Crippen LogP contribution in [0.4, 0.5) is 0 Å². The van der Waals surface area contributed by atoms with E-state index in [9.17, 15) is 5.11 Å². The summed E-state index contributed by atoms with van der Waals surface area (Å²) in [5.74, 6) is 0.600. The maximum atomic E-state index is 10.7. The second kappa shape index (κ2) is 7.62. The van der Waals surface area contributed by atoms with Gasteiger partial charge in [0.2, 0.25) is 0 Å². The Morgan fingerprint density at radius 2 is 2.35 bits per heavy atom. The summed E-state index contributed by atoms with van der Waals surface area (Å²) in [6.07, 6.45) is 4.03. The van der Waals surface area contributed by atoms with Gasteiger partial charge in [0, 0.05) is 32.3 Å². The van der Waals surface area contributed by atoms with Gasteiger partial charge in [-0.05, 0) is 61.0 Å². The van der Waals surface area contributed by atoms with Gasteiger partial charge in [0.25, 0.3) is 0 Å². The minimum Gasteiger partial charge on any atom is -0.384 e. The summed E-state index contributed by atoms with van der Waals surface area (Å²) in [6.45, 7) is 9.11. The fourth-order valence-electron chi connectivity index (χ4n) is 3.78. The molecule has 5 heteroatoms. The average Bonchev–Trinajstić information content (AvgIpc) is 3.20. The molecular formula is C18H30N2O2S. The maximum absolute atomic E-state index is 10.7. The highest BCUT2D eigenvalue weighted by atomic mass is 32.1. The first-order valence-corrected chi connectivity index (χ1v) is 9.81. The molecule has 0 bridgehead atoms. The second-order valence-electron chi connectivity index (χ2n) is 7.43. The fraction of sp³-hybridized carbons (Fsp3) is 0.778. The van der Waals surface area contributed by atoms with Crippen LogP contribution in [0.15, 0.2) is 16.8 Å². The van der Waals surface area contributed by atoms with Crippen LogP contribution in [0.5, 0.6) is 0 Å². The van der Waals surface area contributed by atoms with Crippen molar-refractivity contribution in [3.8, 4) is 0 Å². The number of likely N-dealkylation sites (tertiary alicyclic amines) is 1. The Kier molecular flexibility index (Phi) is 5.75. The molecule has 1 aromatic rings. The average molecular weight is 339 g/mol. The molecule has 23 heavy (non-hydrogen) atoms. The molecule has 3 heterocycles. The van der Waals surface area contributed by atoms with Gasteiger partial charge in [0.05, 0.1) is 11.7 Å². The van der Waals surface area contributed by atoms with Gasteiger partial charge in [0.1, 0.15) is 0 Å². The highest BCUT2D eigenvalue weighted by Crippen LogP contribution is 2.24. The van der Waals surface area contributed by atoms with E-state index in [1.54, 1.807) is 11.3 Å². The molecule has 130 valence electrons. The number of ether oxygens (including phenoxy) is 1. The zero-order chi connectivity index (χ0) is 16.3. The molecule has 2 aliphatic rings. The molecule has 2 fully saturated rings. The minimum atomic E-state index is -0.783. The number of nitrogens with zero attached hydrogens (tertiary/aromatic N) is 1. The molecule has 0 amide bonds. The number of thiophene rings is 1. The van der Waals surface area contributed by atoms with E-state index in [1.165, 1.54) is 12.8 Å². The van der Waals surface area contributed by atoms with Crippen molar-refractivity contribution >= 4 is 11.3 Å². The largest absolute Gasteiger partial charge is 0.384 e. The lowest BCUT2D eigenvalue weighted by atomic mass is 9.91. The Labute approximate surface area is 143 Å². The number of rotatable bonds is 6. The van der Waals surface area contributed by atoms with Crippen molar-refractivity contribution in [1.82, 2.24) is 10.2 Å². The molecular weight excluding hydrogens is 308 g/mol. The minimum absolute atomic E-state index is 0.450. The van der Waals surface area contributed by atoms with Crippen LogP contribution in [0.2, 0.25) is 0 Å². The fourth-order valence-corrected chi connectivity index (χ4v) is 4.56. The lowest BCUT2D eigenvalue weighted by molar-refractivity contribution is 0.0343. The first-order chi connectivity index (χ1) is 11.0. The summed E-state index contributed by atoms with van der Waals surface area (Å²) in [6, 6.07) is 2.50. The van der Waals surface area contributed by atoms with Crippen molar-refractivity contribution in [3.05, 3.63) is 22.4 Å². The van der Waals surface area contributed by atoms with Crippen LogP contribution in [-0.2, 0) is 10.3 Å². The van der Waals surface area contributed by atoms with Gasteiger partial charge < -0.3 is 20.1 Å². The third-order valence-electron chi connectivity index (χ3n) is 5.33. The molecule has 1 aromatic heterocycles. The van der Waals surface area contributed by atoms with Gasteiger partial charge in [-0.15, -0.1) is 0 Å². The predicted octanol–water partition coefficient (Wildman–Crippen LogP) is 2.43. The molecule has 0 radical (unpaired) electrons. The maximum Gasteiger partial charge on any atom is 0.1000 e. The summed E-state index contributed by atoms with van der Waals surface area (Å²) in [4.78, 5) is 2.55. The Morgan fingerprint density at radius 1 is 1.48 bits per heavy atom. The van der Waals surface area contributed by atoms with E-state index in [0.29, 0.717) is 24.6 Å². The molecule has 0 saturated carbocycles. The van der Waals surface area contributed by atoms with Gasteiger partial charge in [-0.3, -0.25) is 0 Å². The first-order valence-electron chi connectivity index (χ1n) is 8.87. The number of aliphatic hydroxyl groups is 1. The van der Waals surface area contributed by atoms with Crippen molar-refractivity contribution in [1.29, 1.82) is 0 Å². The van der Waals surface area contributed by atoms with Gasteiger partial charge in [0.15, 0.2) is 0 Å². The standard InChI is InChI=1S/C18H30N2O2S/c1-14-10-20(11-16-4-3-8-22-16)7-5-17(14)19-13-18(2,21)15-6-9-23-12-15/h6,9,12,14,16-17,19,21H,3-5,7-8,10-11,13H2,1-2H3.